The van der Waals surface area contributed by atoms with Crippen LogP contribution in [0.2, 0.25) is 0 Å². The lowest BCUT2D eigenvalue weighted by molar-refractivity contribution is -0.120. The molecule has 0 aliphatic rings. The van der Waals surface area contributed by atoms with Crippen molar-refractivity contribution in [1.82, 2.24) is 0 Å². The molecule has 1 heteroatoms. The molecule has 84 valence electrons. The average Bonchev–Trinajstić information content (AvgIpc) is 2.29. The molecule has 0 radical (unpaired) electrons. The van der Waals surface area contributed by atoms with E-state index < -0.39 is 0 Å². The van der Waals surface area contributed by atoms with Gasteiger partial charge in [-0.2, -0.15) is 0 Å². The third-order valence-corrected chi connectivity index (χ3v) is 2.52. The highest BCUT2D eigenvalue weighted by molar-refractivity contribution is 5.78. The molecule has 0 aliphatic heterocycles. The van der Waals surface area contributed by atoms with Gasteiger partial charge in [0.2, 0.25) is 0 Å². The Bertz CT molecular complexity index is 374. The lowest BCUT2D eigenvalue weighted by Crippen LogP contribution is -2.03. The summed E-state index contributed by atoms with van der Waals surface area (Å²) in [6.45, 7) is 3.59. The van der Waals surface area contributed by atoms with Crippen LogP contribution in [-0.2, 0) is 4.79 Å². The summed E-state index contributed by atoms with van der Waals surface area (Å²) in [5.41, 5.74) is 1.19. The Balaban J connectivity index is 2.37. The van der Waals surface area contributed by atoms with Crippen LogP contribution < -0.4 is 0 Å². The predicted octanol–water partition coefficient (Wildman–Crippen LogP) is 3.87. The summed E-state index contributed by atoms with van der Waals surface area (Å²) < 4.78 is 0. The molecule has 0 aromatic heterocycles. The molecule has 1 nitrogen and oxygen atoms in total. The van der Waals surface area contributed by atoms with Gasteiger partial charge in [-0.1, -0.05) is 61.6 Å². The molecule has 0 spiro atoms. The van der Waals surface area contributed by atoms with E-state index >= 15 is 0 Å². The van der Waals surface area contributed by atoms with Crippen LogP contribution in [0, 0.1) is 5.92 Å². The first kappa shape index (κ1) is 12.4. The number of hydrogen-bond donors (Lipinski definition) is 0. The van der Waals surface area contributed by atoms with Crippen LogP contribution in [0.3, 0.4) is 0 Å². The van der Waals surface area contributed by atoms with Crippen molar-refractivity contribution in [3.63, 3.8) is 0 Å². The lowest BCUT2D eigenvalue weighted by atomic mass is 10.0. The number of benzene rings is 1. The van der Waals surface area contributed by atoms with E-state index in [-0.39, 0.29) is 11.7 Å². The predicted molar refractivity (Wildman–Crippen MR) is 69.1 cm³/mol. The number of rotatable bonds is 5. The van der Waals surface area contributed by atoms with Crippen molar-refractivity contribution in [3.05, 3.63) is 54.1 Å². The average molecular weight is 214 g/mol. The second-order valence-corrected chi connectivity index (χ2v) is 3.95. The Kier molecular flexibility index (Phi) is 5.27. The molecular formula is C15H18O. The Morgan fingerprint density at radius 2 is 1.94 bits per heavy atom. The van der Waals surface area contributed by atoms with Crippen molar-refractivity contribution in [2.24, 2.45) is 5.92 Å². The molecule has 1 aromatic rings. The Morgan fingerprint density at radius 3 is 2.56 bits per heavy atom. The highest BCUT2D eigenvalue weighted by atomic mass is 16.1. The van der Waals surface area contributed by atoms with Crippen molar-refractivity contribution in [2.45, 2.75) is 20.3 Å². The number of carbonyl (C=O) groups is 1. The number of hydrogen-bond acceptors (Lipinski definition) is 1. The molecule has 1 atom stereocenters. The van der Waals surface area contributed by atoms with Gasteiger partial charge in [0.1, 0.15) is 5.78 Å². The normalized spacial score (nSPS) is 13.4. The number of ketones is 1. The zero-order valence-corrected chi connectivity index (χ0v) is 9.89. The smallest absolute Gasteiger partial charge is 0.132 e. The van der Waals surface area contributed by atoms with Gasteiger partial charge in [-0.05, 0) is 18.9 Å². The zero-order chi connectivity index (χ0) is 11.8. The van der Waals surface area contributed by atoms with E-state index in [9.17, 15) is 4.79 Å². The van der Waals surface area contributed by atoms with E-state index in [0.29, 0.717) is 0 Å². The Labute approximate surface area is 97.5 Å². The van der Waals surface area contributed by atoms with Gasteiger partial charge in [-0.25, -0.2) is 0 Å². The lowest BCUT2D eigenvalue weighted by Gasteiger charge is -2.00. The fourth-order valence-corrected chi connectivity index (χ4v) is 1.26. The molecule has 1 aromatic carbocycles. The van der Waals surface area contributed by atoms with Crippen molar-refractivity contribution < 1.29 is 4.79 Å². The van der Waals surface area contributed by atoms with Crippen LogP contribution in [-0.4, -0.2) is 5.78 Å². The second kappa shape index (κ2) is 6.78. The minimum atomic E-state index is 0.126. The van der Waals surface area contributed by atoms with Gasteiger partial charge < -0.3 is 0 Å². The maximum atomic E-state index is 11.0. The molecule has 0 amide bonds. The Morgan fingerprint density at radius 1 is 1.25 bits per heavy atom. The van der Waals surface area contributed by atoms with Gasteiger partial charge in [0, 0.05) is 5.92 Å². The largest absolute Gasteiger partial charge is 0.300 e. The van der Waals surface area contributed by atoms with Crippen LogP contribution >= 0.6 is 0 Å². The van der Waals surface area contributed by atoms with Crippen LogP contribution in [0.1, 0.15) is 25.8 Å². The van der Waals surface area contributed by atoms with Gasteiger partial charge in [0.05, 0.1) is 0 Å². The summed E-state index contributed by atoms with van der Waals surface area (Å²) >= 11 is 0. The quantitative estimate of drug-likeness (QED) is 0.680. The van der Waals surface area contributed by atoms with Crippen LogP contribution in [0.25, 0.3) is 6.08 Å². The van der Waals surface area contributed by atoms with Gasteiger partial charge >= 0.3 is 0 Å². The maximum absolute atomic E-state index is 11.0. The fraction of sp³-hybridized carbons (Fsp3) is 0.267. The first-order valence-electron chi connectivity index (χ1n) is 5.59. The molecule has 1 rings (SSSR count). The zero-order valence-electron chi connectivity index (χ0n) is 9.89. The second-order valence-electron chi connectivity index (χ2n) is 3.95. The maximum Gasteiger partial charge on any atom is 0.132 e. The van der Waals surface area contributed by atoms with Crippen LogP contribution in [0.4, 0.5) is 0 Å². The molecule has 1 unspecified atom stereocenters. The van der Waals surface area contributed by atoms with Gasteiger partial charge in [-0.3, -0.25) is 4.79 Å². The molecule has 0 fully saturated rings. The molecule has 0 saturated carbocycles. The van der Waals surface area contributed by atoms with Gasteiger partial charge in [0.25, 0.3) is 0 Å². The standard InChI is InChI=1S/C15H18O/c1-13(14(2)16)9-5-3-6-10-15-11-7-4-8-12-15/h3-8,10-13H,9H2,1-2H3. The highest BCUT2D eigenvalue weighted by Crippen LogP contribution is 2.05. The van der Waals surface area contributed by atoms with E-state index in [4.69, 9.17) is 0 Å². The van der Waals surface area contributed by atoms with Crippen molar-refractivity contribution in [3.8, 4) is 0 Å². The minimum absolute atomic E-state index is 0.126. The molecule has 0 bridgehead atoms. The van der Waals surface area contributed by atoms with Crippen molar-refractivity contribution >= 4 is 11.9 Å². The van der Waals surface area contributed by atoms with E-state index in [0.717, 1.165) is 6.42 Å². The summed E-state index contributed by atoms with van der Waals surface area (Å²) in [6, 6.07) is 10.1. The van der Waals surface area contributed by atoms with Crippen molar-refractivity contribution in [1.29, 1.82) is 0 Å². The monoisotopic (exact) mass is 214 g/mol. The molecule has 16 heavy (non-hydrogen) atoms. The van der Waals surface area contributed by atoms with Crippen LogP contribution in [0.15, 0.2) is 48.6 Å². The van der Waals surface area contributed by atoms with E-state index in [1.807, 2.05) is 43.4 Å². The molecule has 0 saturated heterocycles. The molecule has 0 heterocycles. The SMILES string of the molecule is CC(=O)C(C)CC=CC=Cc1ccccc1. The summed E-state index contributed by atoms with van der Waals surface area (Å²) in [5, 5.41) is 0. The first-order valence-corrected chi connectivity index (χ1v) is 5.59. The van der Waals surface area contributed by atoms with E-state index in [1.165, 1.54) is 5.56 Å². The number of carbonyl (C=O) groups excluding carboxylic acids is 1. The topological polar surface area (TPSA) is 17.1 Å². The summed E-state index contributed by atoms with van der Waals surface area (Å²) in [4.78, 5) is 11.0. The van der Waals surface area contributed by atoms with Crippen molar-refractivity contribution in [2.75, 3.05) is 0 Å². The molecular weight excluding hydrogens is 196 g/mol. The fourth-order valence-electron chi connectivity index (χ4n) is 1.26. The molecule has 0 N–H and O–H groups in total. The van der Waals surface area contributed by atoms with Gasteiger partial charge in [0.15, 0.2) is 0 Å². The van der Waals surface area contributed by atoms with E-state index in [1.54, 1.807) is 6.92 Å². The Hall–Kier alpha value is -1.63. The number of Topliss-reactive ketones (excluding diaryl/α,β-unsaturated/α-hetero) is 1. The third kappa shape index (κ3) is 4.74. The van der Waals surface area contributed by atoms with Crippen LogP contribution in [0.5, 0.6) is 0 Å². The first-order chi connectivity index (χ1) is 7.70. The van der Waals surface area contributed by atoms with Gasteiger partial charge in [-0.15, -0.1) is 0 Å². The summed E-state index contributed by atoms with van der Waals surface area (Å²) in [5.74, 6) is 0.373. The molecule has 0 aliphatic carbocycles. The minimum Gasteiger partial charge on any atom is -0.300 e. The summed E-state index contributed by atoms with van der Waals surface area (Å²) in [7, 11) is 0. The third-order valence-electron chi connectivity index (χ3n) is 2.52. The summed E-state index contributed by atoms with van der Waals surface area (Å²) in [6.07, 6.45) is 8.89. The highest BCUT2D eigenvalue weighted by Gasteiger charge is 2.03. The van der Waals surface area contributed by atoms with E-state index in [2.05, 4.69) is 18.2 Å². The number of allylic oxidation sites excluding steroid dienone is 3.